The average molecular weight is 263 g/mol. The summed E-state index contributed by atoms with van der Waals surface area (Å²) in [5.74, 6) is -0.710. The monoisotopic (exact) mass is 263 g/mol. The molecule has 1 atom stereocenters. The lowest BCUT2D eigenvalue weighted by atomic mass is 9.86. The van der Waals surface area contributed by atoms with Gasteiger partial charge >= 0.3 is 5.97 Å². The van der Waals surface area contributed by atoms with Gasteiger partial charge in [0.2, 0.25) is 0 Å². The maximum Gasteiger partial charge on any atom is 0.328 e. The van der Waals surface area contributed by atoms with Crippen molar-refractivity contribution in [1.82, 2.24) is 5.32 Å². The van der Waals surface area contributed by atoms with E-state index in [9.17, 15) is 9.59 Å². The second-order valence-corrected chi connectivity index (χ2v) is 5.66. The van der Waals surface area contributed by atoms with Crippen LogP contribution in [0.1, 0.15) is 36.7 Å². The number of carbonyl (C=O) groups is 2. The summed E-state index contributed by atoms with van der Waals surface area (Å²) < 4.78 is 4.74. The Morgan fingerprint density at radius 3 is 2.11 bits per heavy atom. The van der Waals surface area contributed by atoms with E-state index in [4.69, 9.17) is 4.74 Å². The van der Waals surface area contributed by atoms with E-state index in [1.807, 2.05) is 39.8 Å². The third-order valence-electron chi connectivity index (χ3n) is 2.89. The van der Waals surface area contributed by atoms with Crippen LogP contribution >= 0.6 is 0 Å². The molecule has 0 saturated carbocycles. The number of hydrogen-bond acceptors (Lipinski definition) is 3. The fraction of sp³-hybridized carbons (Fsp3) is 0.467. The number of nitrogens with one attached hydrogen (secondary N) is 1. The summed E-state index contributed by atoms with van der Waals surface area (Å²) in [4.78, 5) is 23.9. The van der Waals surface area contributed by atoms with Crippen molar-refractivity contribution < 1.29 is 14.3 Å². The first kappa shape index (κ1) is 15.2. The van der Waals surface area contributed by atoms with Crippen LogP contribution in [0.25, 0.3) is 0 Å². The summed E-state index contributed by atoms with van der Waals surface area (Å²) in [6, 6.07) is 6.52. The van der Waals surface area contributed by atoms with E-state index >= 15 is 0 Å². The molecule has 0 bridgehead atoms. The van der Waals surface area contributed by atoms with Crippen molar-refractivity contribution in [3.05, 3.63) is 35.4 Å². The van der Waals surface area contributed by atoms with E-state index in [-0.39, 0.29) is 5.91 Å². The highest BCUT2D eigenvalue weighted by atomic mass is 16.5. The van der Waals surface area contributed by atoms with Gasteiger partial charge in [-0.1, -0.05) is 38.5 Å². The van der Waals surface area contributed by atoms with Crippen molar-refractivity contribution in [1.29, 1.82) is 0 Å². The fourth-order valence-electron chi connectivity index (χ4n) is 1.67. The maximum absolute atomic E-state index is 12.1. The third kappa shape index (κ3) is 4.09. The highest BCUT2D eigenvalue weighted by Crippen LogP contribution is 2.20. The molecule has 4 heteroatoms. The number of amides is 1. The zero-order chi connectivity index (χ0) is 14.6. The molecule has 0 radical (unpaired) electrons. The minimum absolute atomic E-state index is 0.273. The summed E-state index contributed by atoms with van der Waals surface area (Å²) in [5.41, 5.74) is 1.20. The smallest absolute Gasteiger partial charge is 0.328 e. The molecule has 0 unspecified atom stereocenters. The van der Waals surface area contributed by atoms with Crippen molar-refractivity contribution in [3.8, 4) is 0 Å². The normalized spacial score (nSPS) is 12.7. The molecule has 0 aliphatic heterocycles. The van der Waals surface area contributed by atoms with Gasteiger partial charge in [0.1, 0.15) is 6.04 Å². The van der Waals surface area contributed by atoms with Gasteiger partial charge in [0.05, 0.1) is 7.11 Å². The lowest BCUT2D eigenvalue weighted by Gasteiger charge is -2.29. The number of methoxy groups -OCH3 is 1. The molecule has 0 saturated heterocycles. The van der Waals surface area contributed by atoms with Crippen LogP contribution in [0.4, 0.5) is 0 Å². The number of esters is 1. The Morgan fingerprint density at radius 2 is 1.68 bits per heavy atom. The van der Waals surface area contributed by atoms with Crippen LogP contribution in [0.15, 0.2) is 24.3 Å². The largest absolute Gasteiger partial charge is 0.467 e. The van der Waals surface area contributed by atoms with Crippen molar-refractivity contribution in [2.45, 2.75) is 33.7 Å². The molecule has 0 aromatic heterocycles. The molecule has 0 fully saturated rings. The Bertz CT molecular complexity index is 457. The van der Waals surface area contributed by atoms with Gasteiger partial charge in [-0.25, -0.2) is 4.79 Å². The van der Waals surface area contributed by atoms with Gasteiger partial charge in [-0.3, -0.25) is 4.79 Å². The first-order valence-electron chi connectivity index (χ1n) is 6.21. The summed E-state index contributed by atoms with van der Waals surface area (Å²) in [6.45, 7) is 7.59. The molecule has 4 nitrogen and oxygen atoms in total. The molecule has 104 valence electrons. The highest BCUT2D eigenvalue weighted by molar-refractivity contribution is 5.97. The summed E-state index contributed by atoms with van der Waals surface area (Å²) in [6.07, 6.45) is 0. The van der Waals surface area contributed by atoms with Crippen molar-refractivity contribution in [3.63, 3.8) is 0 Å². The summed E-state index contributed by atoms with van der Waals surface area (Å²) in [7, 11) is 1.32. The van der Waals surface area contributed by atoms with Crippen LogP contribution in [0, 0.1) is 12.3 Å². The van der Waals surface area contributed by atoms with Crippen LogP contribution in [0.3, 0.4) is 0 Å². The Hall–Kier alpha value is -1.84. The maximum atomic E-state index is 12.1. The standard InChI is InChI=1S/C15H21NO3/c1-10-6-8-11(9-7-10)13(17)16-12(14(18)19-5)15(2,3)4/h6-9,12H,1-5H3,(H,16,17)/t12-/m1/s1. The lowest BCUT2D eigenvalue weighted by molar-refractivity contribution is -0.145. The molecule has 1 rings (SSSR count). The molecule has 0 aliphatic carbocycles. The fourth-order valence-corrected chi connectivity index (χ4v) is 1.67. The molecule has 1 aromatic carbocycles. The number of hydrogen-bond donors (Lipinski definition) is 1. The van der Waals surface area contributed by atoms with E-state index in [0.29, 0.717) is 5.56 Å². The highest BCUT2D eigenvalue weighted by Gasteiger charge is 2.33. The molecule has 0 spiro atoms. The average Bonchev–Trinajstić information content (AvgIpc) is 2.34. The minimum atomic E-state index is -0.675. The van der Waals surface area contributed by atoms with Gasteiger partial charge < -0.3 is 10.1 Å². The predicted molar refractivity (Wildman–Crippen MR) is 73.9 cm³/mol. The molecule has 0 aliphatic rings. The lowest BCUT2D eigenvalue weighted by Crippen LogP contribution is -2.49. The number of carbonyl (C=O) groups excluding carboxylic acids is 2. The number of rotatable bonds is 3. The second kappa shape index (κ2) is 5.87. The van der Waals surface area contributed by atoms with E-state index in [1.165, 1.54) is 7.11 Å². The van der Waals surface area contributed by atoms with E-state index in [0.717, 1.165) is 5.56 Å². The Kier molecular flexibility index (Phi) is 4.70. The van der Waals surface area contributed by atoms with Crippen LogP contribution < -0.4 is 5.32 Å². The summed E-state index contributed by atoms with van der Waals surface area (Å²) >= 11 is 0. The zero-order valence-corrected chi connectivity index (χ0v) is 12.1. The van der Waals surface area contributed by atoms with Crippen LogP contribution in [0.5, 0.6) is 0 Å². The van der Waals surface area contributed by atoms with Gasteiger partial charge in [-0.05, 0) is 24.5 Å². The predicted octanol–water partition coefficient (Wildman–Crippen LogP) is 2.31. The van der Waals surface area contributed by atoms with Crippen LogP contribution in [0.2, 0.25) is 0 Å². The molecule has 1 amide bonds. The Labute approximate surface area is 114 Å². The first-order chi connectivity index (χ1) is 8.75. The van der Waals surface area contributed by atoms with Gasteiger partial charge in [-0.15, -0.1) is 0 Å². The molecule has 1 aromatic rings. The number of aryl methyl sites for hydroxylation is 1. The SMILES string of the molecule is COC(=O)[C@@H](NC(=O)c1ccc(C)cc1)C(C)(C)C. The molecule has 19 heavy (non-hydrogen) atoms. The third-order valence-corrected chi connectivity index (χ3v) is 2.89. The Morgan fingerprint density at radius 1 is 1.16 bits per heavy atom. The number of ether oxygens (including phenoxy) is 1. The molecular weight excluding hydrogens is 242 g/mol. The van der Waals surface area contributed by atoms with Gasteiger partial charge in [0, 0.05) is 5.56 Å². The van der Waals surface area contributed by atoms with Gasteiger partial charge in [-0.2, -0.15) is 0 Å². The molecule has 1 N–H and O–H groups in total. The molecule has 0 heterocycles. The second-order valence-electron chi connectivity index (χ2n) is 5.66. The van der Waals surface area contributed by atoms with Crippen molar-refractivity contribution in [2.75, 3.05) is 7.11 Å². The first-order valence-corrected chi connectivity index (χ1v) is 6.21. The van der Waals surface area contributed by atoms with Crippen molar-refractivity contribution >= 4 is 11.9 Å². The zero-order valence-electron chi connectivity index (χ0n) is 12.1. The number of benzene rings is 1. The van der Waals surface area contributed by atoms with Crippen LogP contribution in [-0.4, -0.2) is 25.0 Å². The molecular formula is C15H21NO3. The van der Waals surface area contributed by atoms with Gasteiger partial charge in [0.25, 0.3) is 5.91 Å². The topological polar surface area (TPSA) is 55.4 Å². The van der Waals surface area contributed by atoms with E-state index in [1.54, 1.807) is 12.1 Å². The minimum Gasteiger partial charge on any atom is -0.467 e. The van der Waals surface area contributed by atoms with Gasteiger partial charge in [0.15, 0.2) is 0 Å². The van der Waals surface area contributed by atoms with Crippen LogP contribution in [-0.2, 0) is 9.53 Å². The van der Waals surface area contributed by atoms with Crippen molar-refractivity contribution in [2.24, 2.45) is 5.41 Å². The Balaban J connectivity index is 2.88. The van der Waals surface area contributed by atoms with E-state index < -0.39 is 17.4 Å². The van der Waals surface area contributed by atoms with E-state index in [2.05, 4.69) is 5.32 Å². The summed E-state index contributed by atoms with van der Waals surface area (Å²) in [5, 5.41) is 2.73. The quantitative estimate of drug-likeness (QED) is 0.851.